The molecule has 1 heterocycles. The van der Waals surface area contributed by atoms with Crippen LogP contribution in [-0.2, 0) is 6.54 Å². The molecule has 8 heteroatoms. The minimum absolute atomic E-state index is 0.280. The van der Waals surface area contributed by atoms with E-state index in [0.29, 0.717) is 34.7 Å². The van der Waals surface area contributed by atoms with Crippen LogP contribution < -0.4 is 20.1 Å². The van der Waals surface area contributed by atoms with Crippen molar-refractivity contribution in [3.05, 3.63) is 52.0 Å². The van der Waals surface area contributed by atoms with E-state index in [0.717, 1.165) is 37.5 Å². The third-order valence-electron chi connectivity index (χ3n) is 5.30. The van der Waals surface area contributed by atoms with Gasteiger partial charge >= 0.3 is 6.03 Å². The number of carbonyl (C=O) groups is 1. The zero-order chi connectivity index (χ0) is 21.5. The molecule has 1 saturated heterocycles. The van der Waals surface area contributed by atoms with Gasteiger partial charge in [-0.3, -0.25) is 4.90 Å². The van der Waals surface area contributed by atoms with Gasteiger partial charge in [0.05, 0.1) is 24.9 Å². The third-order valence-corrected chi connectivity index (χ3v) is 5.85. The highest BCUT2D eigenvalue weighted by Crippen LogP contribution is 2.35. The quantitative estimate of drug-likeness (QED) is 0.618. The van der Waals surface area contributed by atoms with Crippen molar-refractivity contribution in [1.29, 1.82) is 0 Å². The second-order valence-electron chi connectivity index (χ2n) is 7.37. The molecule has 0 saturated carbocycles. The molecule has 0 radical (unpaired) electrons. The van der Waals surface area contributed by atoms with E-state index in [-0.39, 0.29) is 6.03 Å². The molecule has 0 bridgehead atoms. The number of ether oxygens (including phenoxy) is 2. The van der Waals surface area contributed by atoms with Gasteiger partial charge in [-0.25, -0.2) is 4.79 Å². The Kier molecular flexibility index (Phi) is 8.08. The molecule has 1 aliphatic rings. The van der Waals surface area contributed by atoms with Gasteiger partial charge in [0.1, 0.15) is 11.5 Å². The van der Waals surface area contributed by atoms with E-state index in [1.54, 1.807) is 12.1 Å². The predicted molar refractivity (Wildman–Crippen MR) is 121 cm³/mol. The van der Waals surface area contributed by atoms with E-state index in [2.05, 4.69) is 27.7 Å². The topological polar surface area (TPSA) is 62.8 Å². The van der Waals surface area contributed by atoms with E-state index in [1.165, 1.54) is 19.8 Å². The maximum atomic E-state index is 12.3. The van der Waals surface area contributed by atoms with Crippen LogP contribution in [0.15, 0.2) is 36.4 Å². The highest BCUT2D eigenvalue weighted by atomic mass is 35.5. The lowest BCUT2D eigenvalue weighted by atomic mass is 9.96. The Morgan fingerprint density at radius 1 is 1.07 bits per heavy atom. The summed E-state index contributed by atoms with van der Waals surface area (Å²) < 4.78 is 10.5. The zero-order valence-corrected chi connectivity index (χ0v) is 18.7. The average Bonchev–Trinajstić information content (AvgIpc) is 2.75. The van der Waals surface area contributed by atoms with Crippen molar-refractivity contribution >= 4 is 34.9 Å². The van der Waals surface area contributed by atoms with Crippen LogP contribution >= 0.6 is 23.2 Å². The van der Waals surface area contributed by atoms with Crippen LogP contribution in [0, 0.1) is 5.92 Å². The third kappa shape index (κ3) is 6.17. The minimum Gasteiger partial charge on any atom is -0.495 e. The Morgan fingerprint density at radius 3 is 2.37 bits per heavy atom. The first-order valence-corrected chi connectivity index (χ1v) is 10.7. The number of urea groups is 1. The summed E-state index contributed by atoms with van der Waals surface area (Å²) in [4.78, 5) is 14.8. The molecule has 2 N–H and O–H groups in total. The first-order chi connectivity index (χ1) is 14.5. The number of likely N-dealkylation sites (tertiary alicyclic amines) is 1. The number of nitrogens with one attached hydrogen (secondary N) is 2. The van der Waals surface area contributed by atoms with Crippen molar-refractivity contribution < 1.29 is 14.3 Å². The minimum atomic E-state index is -0.280. The van der Waals surface area contributed by atoms with Crippen molar-refractivity contribution in [1.82, 2.24) is 10.2 Å². The number of anilines is 1. The van der Waals surface area contributed by atoms with E-state index >= 15 is 0 Å². The molecule has 2 aromatic rings. The van der Waals surface area contributed by atoms with E-state index in [1.807, 2.05) is 12.1 Å². The van der Waals surface area contributed by atoms with Gasteiger partial charge in [-0.15, -0.1) is 0 Å². The van der Waals surface area contributed by atoms with Crippen molar-refractivity contribution in [2.45, 2.75) is 19.4 Å². The summed E-state index contributed by atoms with van der Waals surface area (Å²) in [5, 5.41) is 6.93. The van der Waals surface area contributed by atoms with E-state index < -0.39 is 0 Å². The lowest BCUT2D eigenvalue weighted by Gasteiger charge is -2.32. The summed E-state index contributed by atoms with van der Waals surface area (Å²) in [6, 6.07) is 11.0. The Morgan fingerprint density at radius 2 is 1.73 bits per heavy atom. The second-order valence-corrected chi connectivity index (χ2v) is 8.21. The van der Waals surface area contributed by atoms with E-state index in [4.69, 9.17) is 32.7 Å². The SMILES string of the molecule is COc1cc(OC)c(NC(=O)NCC2CCN(Cc3ccc(Cl)cc3)CC2)cc1Cl. The smallest absolute Gasteiger partial charge is 0.319 e. The van der Waals surface area contributed by atoms with Gasteiger partial charge in [-0.2, -0.15) is 0 Å². The lowest BCUT2D eigenvalue weighted by Crippen LogP contribution is -2.39. The van der Waals surface area contributed by atoms with Crippen molar-refractivity contribution in [2.24, 2.45) is 5.92 Å². The molecule has 0 atom stereocenters. The van der Waals surface area contributed by atoms with Gasteiger partial charge in [0.2, 0.25) is 0 Å². The van der Waals surface area contributed by atoms with Crippen LogP contribution in [0.25, 0.3) is 0 Å². The second kappa shape index (κ2) is 10.8. The van der Waals surface area contributed by atoms with Crippen LogP contribution in [-0.4, -0.2) is 44.8 Å². The zero-order valence-electron chi connectivity index (χ0n) is 17.2. The number of carbonyl (C=O) groups excluding carboxylic acids is 1. The number of benzene rings is 2. The molecule has 0 aliphatic carbocycles. The van der Waals surface area contributed by atoms with Gasteiger partial charge in [0.15, 0.2) is 0 Å². The molecule has 1 fully saturated rings. The number of hydrogen-bond acceptors (Lipinski definition) is 4. The predicted octanol–water partition coefficient (Wildman–Crippen LogP) is 5.04. The van der Waals surface area contributed by atoms with Gasteiger partial charge in [0.25, 0.3) is 0 Å². The van der Waals surface area contributed by atoms with Crippen LogP contribution in [0.4, 0.5) is 10.5 Å². The molecule has 0 spiro atoms. The standard InChI is InChI=1S/C22H27Cl2N3O3/c1-29-20-12-21(30-2)19(11-18(20)24)26-22(28)25-13-15-7-9-27(10-8-15)14-16-3-5-17(23)6-4-16/h3-6,11-12,15H,7-10,13-14H2,1-2H3,(H2,25,26,28). The molecular weight excluding hydrogens is 425 g/mol. The fourth-order valence-corrected chi connectivity index (χ4v) is 3.92. The highest BCUT2D eigenvalue weighted by molar-refractivity contribution is 6.32. The van der Waals surface area contributed by atoms with Crippen LogP contribution in [0.3, 0.4) is 0 Å². The van der Waals surface area contributed by atoms with E-state index in [9.17, 15) is 4.79 Å². The number of rotatable bonds is 7. The summed E-state index contributed by atoms with van der Waals surface area (Å²) in [6.45, 7) is 3.58. The molecule has 162 valence electrons. The Balaban J connectivity index is 1.44. The highest BCUT2D eigenvalue weighted by Gasteiger charge is 2.20. The van der Waals surface area contributed by atoms with Gasteiger partial charge in [0, 0.05) is 24.2 Å². The summed E-state index contributed by atoms with van der Waals surface area (Å²) in [5.74, 6) is 1.44. The Labute approximate surface area is 187 Å². The van der Waals surface area contributed by atoms with Gasteiger partial charge in [-0.05, 0) is 55.6 Å². The first-order valence-electron chi connectivity index (χ1n) is 9.91. The maximum absolute atomic E-state index is 12.3. The van der Waals surface area contributed by atoms with Crippen LogP contribution in [0.5, 0.6) is 11.5 Å². The first kappa shape index (κ1) is 22.5. The van der Waals surface area contributed by atoms with Crippen molar-refractivity contribution in [3.8, 4) is 11.5 Å². The summed E-state index contributed by atoms with van der Waals surface area (Å²) in [7, 11) is 3.06. The number of methoxy groups -OCH3 is 2. The number of hydrogen-bond donors (Lipinski definition) is 2. The molecule has 0 aromatic heterocycles. The maximum Gasteiger partial charge on any atom is 0.319 e. The number of halogens is 2. The molecule has 0 unspecified atom stereocenters. The Hall–Kier alpha value is -2.15. The molecule has 2 amide bonds. The summed E-state index contributed by atoms with van der Waals surface area (Å²) in [5.41, 5.74) is 1.76. The number of amides is 2. The molecular formula is C22H27Cl2N3O3. The average molecular weight is 452 g/mol. The molecule has 3 rings (SSSR count). The van der Waals surface area contributed by atoms with Gasteiger partial charge < -0.3 is 20.1 Å². The summed E-state index contributed by atoms with van der Waals surface area (Å²) >= 11 is 12.1. The molecule has 1 aliphatic heterocycles. The molecule has 6 nitrogen and oxygen atoms in total. The van der Waals surface area contributed by atoms with Crippen molar-refractivity contribution in [2.75, 3.05) is 39.2 Å². The van der Waals surface area contributed by atoms with Crippen LogP contribution in [0.1, 0.15) is 18.4 Å². The molecule has 2 aromatic carbocycles. The normalized spacial score (nSPS) is 14.9. The fourth-order valence-electron chi connectivity index (χ4n) is 3.56. The Bertz CT molecular complexity index is 853. The largest absolute Gasteiger partial charge is 0.495 e. The monoisotopic (exact) mass is 451 g/mol. The summed E-state index contributed by atoms with van der Waals surface area (Å²) in [6.07, 6.45) is 2.09. The van der Waals surface area contributed by atoms with Crippen molar-refractivity contribution in [3.63, 3.8) is 0 Å². The lowest BCUT2D eigenvalue weighted by molar-refractivity contribution is 0.175. The number of piperidine rings is 1. The van der Waals surface area contributed by atoms with Gasteiger partial charge in [-0.1, -0.05) is 35.3 Å². The molecule has 30 heavy (non-hydrogen) atoms. The fraction of sp³-hybridized carbons (Fsp3) is 0.409. The number of nitrogens with zero attached hydrogens (tertiary/aromatic N) is 1. The van der Waals surface area contributed by atoms with Crippen LogP contribution in [0.2, 0.25) is 10.0 Å².